The summed E-state index contributed by atoms with van der Waals surface area (Å²) in [5.74, 6) is -2.38. The van der Waals surface area contributed by atoms with E-state index in [9.17, 15) is 32.3 Å². The molecule has 0 unspecified atom stereocenters. The van der Waals surface area contributed by atoms with Crippen molar-refractivity contribution in [2.45, 2.75) is 24.6 Å². The number of hydrogen-bond donors (Lipinski definition) is 2. The number of halogens is 5. The highest BCUT2D eigenvalue weighted by Crippen LogP contribution is 2.33. The fraction of sp³-hybridized carbons (Fsp3) is 0.300. The minimum Gasteiger partial charge on any atom is -0.372 e. The smallest absolute Gasteiger partial charge is 0.372 e. The van der Waals surface area contributed by atoms with E-state index in [4.69, 9.17) is 11.6 Å². The first-order chi connectivity index (χ1) is 14.0. The lowest BCUT2D eigenvalue weighted by Gasteiger charge is -2.22. The zero-order valence-corrected chi connectivity index (χ0v) is 16.2. The van der Waals surface area contributed by atoms with Gasteiger partial charge in [0.25, 0.3) is 11.8 Å². The zero-order valence-electron chi connectivity index (χ0n) is 15.5. The molecule has 1 aliphatic heterocycles. The van der Waals surface area contributed by atoms with E-state index in [0.717, 1.165) is 35.2 Å². The Labute approximate surface area is 174 Å². The number of carbonyl (C=O) groups excluding carboxylic acids is 2. The molecule has 2 amide bonds. The van der Waals surface area contributed by atoms with Crippen molar-refractivity contribution in [1.29, 1.82) is 0 Å². The number of hydrogen-bond acceptors (Lipinski definition) is 3. The molecule has 0 radical (unpaired) electrons. The summed E-state index contributed by atoms with van der Waals surface area (Å²) in [6.07, 6.45) is -4.51. The molecule has 1 atom stereocenters. The van der Waals surface area contributed by atoms with Gasteiger partial charge in [0.05, 0.1) is 5.56 Å². The van der Waals surface area contributed by atoms with Gasteiger partial charge in [-0.25, -0.2) is 4.39 Å². The Balaban J connectivity index is 1.63. The normalized spacial score (nSPS) is 19.3. The zero-order chi connectivity index (χ0) is 22.1. The molecule has 0 bridgehead atoms. The second-order valence-electron chi connectivity index (χ2n) is 6.90. The molecular weight excluding hydrogens is 428 g/mol. The third kappa shape index (κ3) is 4.57. The quantitative estimate of drug-likeness (QED) is 0.549. The molecule has 2 aromatic rings. The maximum Gasteiger partial charge on any atom is 0.416 e. The molecule has 1 saturated heterocycles. The molecule has 0 spiro atoms. The second kappa shape index (κ2) is 8.23. The first kappa shape index (κ1) is 22.0. The van der Waals surface area contributed by atoms with E-state index < -0.39 is 35.0 Å². The Morgan fingerprint density at radius 1 is 1.20 bits per heavy atom. The number of aliphatic hydroxyl groups is 1. The Morgan fingerprint density at radius 3 is 2.47 bits per heavy atom. The Morgan fingerprint density at radius 2 is 1.87 bits per heavy atom. The second-order valence-corrected chi connectivity index (χ2v) is 7.33. The molecule has 0 saturated carbocycles. The molecule has 3 rings (SSSR count). The molecule has 0 aliphatic carbocycles. The van der Waals surface area contributed by atoms with Crippen LogP contribution in [0.25, 0.3) is 0 Å². The van der Waals surface area contributed by atoms with Gasteiger partial charge in [-0.05, 0) is 54.4 Å². The minimum absolute atomic E-state index is 0.0223. The van der Waals surface area contributed by atoms with E-state index in [0.29, 0.717) is 5.56 Å². The van der Waals surface area contributed by atoms with Gasteiger partial charge in [0, 0.05) is 30.2 Å². The first-order valence-corrected chi connectivity index (χ1v) is 9.33. The van der Waals surface area contributed by atoms with Crippen molar-refractivity contribution in [1.82, 2.24) is 5.32 Å². The molecule has 0 aromatic heterocycles. The third-order valence-electron chi connectivity index (χ3n) is 4.80. The summed E-state index contributed by atoms with van der Waals surface area (Å²) in [4.78, 5) is 26.1. The van der Waals surface area contributed by atoms with Gasteiger partial charge in [-0.15, -0.1) is 0 Å². The summed E-state index contributed by atoms with van der Waals surface area (Å²) in [5, 5.41) is 13.2. The molecule has 10 heteroatoms. The van der Waals surface area contributed by atoms with Gasteiger partial charge in [0.1, 0.15) is 5.82 Å². The van der Waals surface area contributed by atoms with Gasteiger partial charge >= 0.3 is 6.18 Å². The van der Waals surface area contributed by atoms with Crippen LogP contribution in [0.4, 0.5) is 23.2 Å². The highest BCUT2D eigenvalue weighted by atomic mass is 35.5. The summed E-state index contributed by atoms with van der Waals surface area (Å²) < 4.78 is 51.4. The molecule has 5 nitrogen and oxygen atoms in total. The molecule has 1 fully saturated rings. The number of alkyl halides is 3. The van der Waals surface area contributed by atoms with Crippen molar-refractivity contribution in [2.75, 3.05) is 18.0 Å². The van der Waals surface area contributed by atoms with Crippen LogP contribution in [-0.4, -0.2) is 35.6 Å². The lowest BCUT2D eigenvalue weighted by atomic mass is 10.0. The van der Waals surface area contributed by atoms with E-state index in [2.05, 4.69) is 5.32 Å². The van der Waals surface area contributed by atoms with Gasteiger partial charge in [-0.3, -0.25) is 9.59 Å². The number of benzene rings is 2. The predicted molar refractivity (Wildman–Crippen MR) is 101 cm³/mol. The summed E-state index contributed by atoms with van der Waals surface area (Å²) in [5.41, 5.74) is -2.53. The molecule has 30 heavy (non-hydrogen) atoms. The van der Waals surface area contributed by atoms with Crippen LogP contribution in [0.2, 0.25) is 5.02 Å². The predicted octanol–water partition coefficient (Wildman–Crippen LogP) is 3.32. The van der Waals surface area contributed by atoms with Gasteiger partial charge in [0.15, 0.2) is 0 Å². The van der Waals surface area contributed by atoms with Crippen LogP contribution >= 0.6 is 11.6 Å². The molecule has 1 aliphatic rings. The van der Waals surface area contributed by atoms with Crippen molar-refractivity contribution in [3.8, 4) is 0 Å². The van der Waals surface area contributed by atoms with Gasteiger partial charge < -0.3 is 15.3 Å². The summed E-state index contributed by atoms with van der Waals surface area (Å²) >= 11 is 5.77. The summed E-state index contributed by atoms with van der Waals surface area (Å²) in [7, 11) is 0. The van der Waals surface area contributed by atoms with Gasteiger partial charge in [0.2, 0.25) is 5.60 Å². The lowest BCUT2D eigenvalue weighted by Crippen LogP contribution is -2.52. The van der Waals surface area contributed by atoms with E-state index in [1.54, 1.807) is 0 Å². The number of amides is 2. The summed E-state index contributed by atoms with van der Waals surface area (Å²) in [6, 6.07) is 7.78. The summed E-state index contributed by atoms with van der Waals surface area (Å²) in [6.45, 7) is -0.0118. The van der Waals surface area contributed by atoms with Crippen LogP contribution in [0.15, 0.2) is 42.5 Å². The van der Waals surface area contributed by atoms with Crippen molar-refractivity contribution < 1.29 is 32.3 Å². The highest BCUT2D eigenvalue weighted by molar-refractivity contribution is 6.30. The largest absolute Gasteiger partial charge is 0.416 e. The monoisotopic (exact) mass is 444 g/mol. The van der Waals surface area contributed by atoms with E-state index in [1.165, 1.54) is 12.1 Å². The fourth-order valence-electron chi connectivity index (χ4n) is 3.21. The van der Waals surface area contributed by atoms with Crippen LogP contribution in [0.5, 0.6) is 0 Å². The minimum atomic E-state index is -4.51. The Kier molecular flexibility index (Phi) is 6.05. The maximum absolute atomic E-state index is 13.3. The van der Waals surface area contributed by atoms with Crippen LogP contribution in [-0.2, 0) is 22.2 Å². The van der Waals surface area contributed by atoms with E-state index in [-0.39, 0.29) is 36.6 Å². The number of nitrogens with one attached hydrogen (secondary N) is 1. The number of anilines is 1. The first-order valence-electron chi connectivity index (χ1n) is 8.95. The fourth-order valence-corrected chi connectivity index (χ4v) is 3.46. The maximum atomic E-state index is 13.3. The molecule has 1 heterocycles. The topological polar surface area (TPSA) is 69.6 Å². The average Bonchev–Trinajstić information content (AvgIpc) is 2.96. The third-order valence-corrected chi connectivity index (χ3v) is 5.02. The SMILES string of the molecule is O=C(NCCc1cc(F)cc(Cl)c1)[C@]1(O)CCN(c2ccc(C(F)(F)F)cc2)C1=O. The number of rotatable bonds is 5. The van der Waals surface area contributed by atoms with E-state index >= 15 is 0 Å². The van der Waals surface area contributed by atoms with Crippen molar-refractivity contribution in [3.05, 3.63) is 64.4 Å². The molecule has 2 aromatic carbocycles. The highest BCUT2D eigenvalue weighted by Gasteiger charge is 2.51. The van der Waals surface area contributed by atoms with Crippen LogP contribution in [0, 0.1) is 5.82 Å². The molecule has 160 valence electrons. The lowest BCUT2D eigenvalue weighted by molar-refractivity contribution is -0.149. The Hall–Kier alpha value is -2.65. The van der Waals surface area contributed by atoms with Crippen LogP contribution < -0.4 is 10.2 Å². The van der Waals surface area contributed by atoms with Crippen LogP contribution in [0.3, 0.4) is 0 Å². The van der Waals surface area contributed by atoms with Gasteiger partial charge in [-0.2, -0.15) is 13.2 Å². The molecular formula is C20H17ClF4N2O3. The van der Waals surface area contributed by atoms with Crippen molar-refractivity contribution >= 4 is 29.1 Å². The average molecular weight is 445 g/mol. The van der Waals surface area contributed by atoms with E-state index in [1.807, 2.05) is 0 Å². The molecule has 2 N–H and O–H groups in total. The number of carbonyl (C=O) groups is 2. The standard InChI is InChI=1S/C20H17ClF4N2O3/c21-14-9-12(10-15(22)11-14)5-7-26-17(28)19(30)6-8-27(18(19)29)16-3-1-13(2-4-16)20(23,24)25/h1-4,9-11,30H,5-8H2,(H,26,28)/t19-/m1/s1. The Bertz CT molecular complexity index is 945. The van der Waals surface area contributed by atoms with Crippen molar-refractivity contribution in [2.24, 2.45) is 0 Å². The number of nitrogens with zero attached hydrogens (tertiary/aromatic N) is 1. The van der Waals surface area contributed by atoms with Crippen molar-refractivity contribution in [3.63, 3.8) is 0 Å². The van der Waals surface area contributed by atoms with Crippen LogP contribution in [0.1, 0.15) is 17.5 Å². The van der Waals surface area contributed by atoms with Gasteiger partial charge in [-0.1, -0.05) is 11.6 Å².